The Kier molecular flexibility index (Phi) is 4.07. The Morgan fingerprint density at radius 2 is 2.29 bits per heavy atom. The van der Waals surface area contributed by atoms with Gasteiger partial charge >= 0.3 is 0 Å². The van der Waals surface area contributed by atoms with E-state index in [2.05, 4.69) is 21.2 Å². The third kappa shape index (κ3) is 3.16. The molecule has 1 aliphatic rings. The maximum Gasteiger partial charge on any atom is 0.137 e. The molecule has 2 atom stereocenters. The van der Waals surface area contributed by atoms with Crippen LogP contribution in [0.4, 0.5) is 0 Å². The first kappa shape index (κ1) is 14.3. The summed E-state index contributed by atoms with van der Waals surface area (Å²) in [6, 6.07) is 0. The van der Waals surface area contributed by atoms with E-state index in [0.717, 1.165) is 38.3 Å². The van der Waals surface area contributed by atoms with Gasteiger partial charge in [0.15, 0.2) is 0 Å². The first-order valence-corrected chi connectivity index (χ1v) is 7.48. The SMILES string of the molecule is Cn1cc(CN2CCCC(C(O)c3nccn3C)C2)cn1. The van der Waals surface area contributed by atoms with Crippen molar-refractivity contribution in [2.45, 2.75) is 25.5 Å². The van der Waals surface area contributed by atoms with E-state index in [-0.39, 0.29) is 5.92 Å². The van der Waals surface area contributed by atoms with Crippen molar-refractivity contribution in [2.75, 3.05) is 13.1 Å². The third-order valence-corrected chi connectivity index (χ3v) is 4.28. The predicted molar refractivity (Wildman–Crippen MR) is 79.4 cm³/mol. The van der Waals surface area contributed by atoms with Crippen LogP contribution in [0, 0.1) is 5.92 Å². The van der Waals surface area contributed by atoms with E-state index in [4.69, 9.17) is 0 Å². The molecule has 6 heteroatoms. The predicted octanol–water partition coefficient (Wildman–Crippen LogP) is 1.10. The highest BCUT2D eigenvalue weighted by Crippen LogP contribution is 2.29. The summed E-state index contributed by atoms with van der Waals surface area (Å²) in [6.07, 6.45) is 9.28. The molecule has 1 aliphatic heterocycles. The van der Waals surface area contributed by atoms with Crippen molar-refractivity contribution < 1.29 is 5.11 Å². The largest absolute Gasteiger partial charge is 0.385 e. The lowest BCUT2D eigenvalue weighted by molar-refractivity contribution is 0.0405. The van der Waals surface area contributed by atoms with Crippen LogP contribution in [0.5, 0.6) is 0 Å². The van der Waals surface area contributed by atoms with Gasteiger partial charge in [-0.25, -0.2) is 4.98 Å². The van der Waals surface area contributed by atoms with Crippen LogP contribution in [-0.4, -0.2) is 42.4 Å². The van der Waals surface area contributed by atoms with E-state index in [1.54, 1.807) is 6.20 Å². The zero-order valence-corrected chi connectivity index (χ0v) is 12.7. The van der Waals surface area contributed by atoms with Gasteiger partial charge in [0.2, 0.25) is 0 Å². The summed E-state index contributed by atoms with van der Waals surface area (Å²) in [4.78, 5) is 6.68. The molecule has 6 nitrogen and oxygen atoms in total. The van der Waals surface area contributed by atoms with E-state index in [0.29, 0.717) is 0 Å². The molecule has 0 radical (unpaired) electrons. The molecule has 2 aromatic heterocycles. The Morgan fingerprint density at radius 3 is 2.95 bits per heavy atom. The smallest absolute Gasteiger partial charge is 0.137 e. The van der Waals surface area contributed by atoms with E-state index in [1.807, 2.05) is 35.7 Å². The Hall–Kier alpha value is -1.66. The van der Waals surface area contributed by atoms with E-state index < -0.39 is 6.10 Å². The van der Waals surface area contributed by atoms with Crippen molar-refractivity contribution >= 4 is 0 Å². The number of hydrogen-bond acceptors (Lipinski definition) is 4. The van der Waals surface area contributed by atoms with Gasteiger partial charge in [-0.1, -0.05) is 0 Å². The zero-order valence-electron chi connectivity index (χ0n) is 12.7. The van der Waals surface area contributed by atoms with Crippen LogP contribution >= 0.6 is 0 Å². The minimum atomic E-state index is -0.485. The van der Waals surface area contributed by atoms with Crippen LogP contribution in [0.3, 0.4) is 0 Å². The summed E-state index contributed by atoms with van der Waals surface area (Å²) < 4.78 is 3.74. The number of hydrogen-bond donors (Lipinski definition) is 1. The highest BCUT2D eigenvalue weighted by Gasteiger charge is 2.29. The molecule has 0 amide bonds. The highest BCUT2D eigenvalue weighted by molar-refractivity contribution is 5.04. The van der Waals surface area contributed by atoms with E-state index in [1.165, 1.54) is 5.56 Å². The average molecular weight is 289 g/mol. The quantitative estimate of drug-likeness (QED) is 0.915. The monoisotopic (exact) mass is 289 g/mol. The number of aromatic nitrogens is 4. The first-order chi connectivity index (χ1) is 10.1. The first-order valence-electron chi connectivity index (χ1n) is 7.48. The number of piperidine rings is 1. The fourth-order valence-corrected chi connectivity index (χ4v) is 3.18. The van der Waals surface area contributed by atoms with Crippen molar-refractivity contribution in [3.8, 4) is 0 Å². The number of aliphatic hydroxyl groups is 1. The highest BCUT2D eigenvalue weighted by atomic mass is 16.3. The second-order valence-corrected chi connectivity index (χ2v) is 6.00. The van der Waals surface area contributed by atoms with Gasteiger partial charge in [0.25, 0.3) is 0 Å². The average Bonchev–Trinajstić information content (AvgIpc) is 3.07. The summed E-state index contributed by atoms with van der Waals surface area (Å²) >= 11 is 0. The van der Waals surface area contributed by atoms with Gasteiger partial charge in [0.1, 0.15) is 11.9 Å². The number of aryl methyl sites for hydroxylation is 2. The number of imidazole rings is 1. The van der Waals surface area contributed by atoms with Crippen LogP contribution in [0.15, 0.2) is 24.8 Å². The molecule has 1 saturated heterocycles. The molecule has 1 N–H and O–H groups in total. The Morgan fingerprint density at radius 1 is 1.43 bits per heavy atom. The van der Waals surface area contributed by atoms with Crippen LogP contribution in [-0.2, 0) is 20.6 Å². The van der Waals surface area contributed by atoms with Gasteiger partial charge < -0.3 is 9.67 Å². The molecule has 3 rings (SSSR count). The Labute approximate surface area is 125 Å². The fourth-order valence-electron chi connectivity index (χ4n) is 3.18. The number of rotatable bonds is 4. The molecule has 1 fully saturated rings. The van der Waals surface area contributed by atoms with Crippen LogP contribution in [0.1, 0.15) is 30.3 Å². The Balaban J connectivity index is 1.64. The molecular weight excluding hydrogens is 266 g/mol. The molecule has 21 heavy (non-hydrogen) atoms. The van der Waals surface area contributed by atoms with Crippen molar-refractivity contribution in [3.63, 3.8) is 0 Å². The van der Waals surface area contributed by atoms with E-state index in [9.17, 15) is 5.11 Å². The maximum absolute atomic E-state index is 10.6. The summed E-state index contributed by atoms with van der Waals surface area (Å²) in [7, 11) is 3.87. The minimum Gasteiger partial charge on any atom is -0.385 e. The van der Waals surface area contributed by atoms with Crippen LogP contribution in [0.25, 0.3) is 0 Å². The van der Waals surface area contributed by atoms with Gasteiger partial charge in [0.05, 0.1) is 6.20 Å². The van der Waals surface area contributed by atoms with Crippen molar-refractivity contribution in [2.24, 2.45) is 20.0 Å². The van der Waals surface area contributed by atoms with E-state index >= 15 is 0 Å². The van der Waals surface area contributed by atoms with Gasteiger partial charge in [0, 0.05) is 57.3 Å². The van der Waals surface area contributed by atoms with Gasteiger partial charge in [-0.2, -0.15) is 5.10 Å². The van der Waals surface area contributed by atoms with Crippen molar-refractivity contribution in [1.29, 1.82) is 0 Å². The molecule has 0 spiro atoms. The lowest BCUT2D eigenvalue weighted by atomic mass is 9.92. The Bertz CT molecular complexity index is 590. The minimum absolute atomic E-state index is 0.247. The van der Waals surface area contributed by atoms with Gasteiger partial charge in [-0.15, -0.1) is 0 Å². The second-order valence-electron chi connectivity index (χ2n) is 6.00. The lowest BCUT2D eigenvalue weighted by Crippen LogP contribution is -2.37. The number of nitrogens with zero attached hydrogens (tertiary/aromatic N) is 5. The normalized spacial score (nSPS) is 21.6. The molecule has 0 saturated carbocycles. The van der Waals surface area contributed by atoms with Gasteiger partial charge in [-0.05, 0) is 19.4 Å². The summed E-state index contributed by atoms with van der Waals surface area (Å²) in [5, 5.41) is 14.8. The molecule has 114 valence electrons. The van der Waals surface area contributed by atoms with Crippen LogP contribution < -0.4 is 0 Å². The molecule has 0 aliphatic carbocycles. The van der Waals surface area contributed by atoms with Crippen molar-refractivity contribution in [3.05, 3.63) is 36.2 Å². The third-order valence-electron chi connectivity index (χ3n) is 4.28. The van der Waals surface area contributed by atoms with Crippen LogP contribution in [0.2, 0.25) is 0 Å². The standard InChI is InChI=1S/C15H23N5O/c1-18-7-5-16-15(18)14(21)13-4-3-6-20(11-13)10-12-8-17-19(2)9-12/h5,7-9,13-14,21H,3-4,6,10-11H2,1-2H3. The lowest BCUT2D eigenvalue weighted by Gasteiger charge is -2.34. The fraction of sp³-hybridized carbons (Fsp3) is 0.600. The molecule has 0 aromatic carbocycles. The number of aliphatic hydroxyl groups excluding tert-OH is 1. The van der Waals surface area contributed by atoms with Crippen molar-refractivity contribution in [1.82, 2.24) is 24.2 Å². The number of likely N-dealkylation sites (tertiary alicyclic amines) is 1. The van der Waals surface area contributed by atoms with Gasteiger partial charge in [-0.3, -0.25) is 9.58 Å². The summed E-state index contributed by atoms with van der Waals surface area (Å²) in [5.74, 6) is 1.01. The summed E-state index contributed by atoms with van der Waals surface area (Å²) in [5.41, 5.74) is 1.23. The molecular formula is C15H23N5O. The maximum atomic E-state index is 10.6. The molecule has 0 bridgehead atoms. The second kappa shape index (κ2) is 5.99. The molecule has 2 unspecified atom stereocenters. The topological polar surface area (TPSA) is 59.1 Å². The zero-order chi connectivity index (χ0) is 14.8. The summed E-state index contributed by atoms with van der Waals surface area (Å²) in [6.45, 7) is 2.89. The molecule has 2 aromatic rings. The molecule has 3 heterocycles.